The number of alkyl halides is 3. The molecule has 0 rings (SSSR count). The molecule has 0 aliphatic heterocycles. The van der Waals surface area contributed by atoms with Gasteiger partial charge >= 0.3 is 12.1 Å². The van der Waals surface area contributed by atoms with E-state index in [0.717, 1.165) is 12.8 Å². The minimum absolute atomic E-state index is 0.217. The lowest BCUT2D eigenvalue weighted by Crippen LogP contribution is -2.39. The third kappa shape index (κ3) is 10.5. The molecule has 0 radical (unpaired) electrons. The third-order valence-electron chi connectivity index (χ3n) is 3.56. The quantitative estimate of drug-likeness (QED) is 0.474. The molecule has 0 aromatic heterocycles. The summed E-state index contributed by atoms with van der Waals surface area (Å²) in [6, 6.07) is 0. The van der Waals surface area contributed by atoms with Crippen LogP contribution in [0.2, 0.25) is 0 Å². The van der Waals surface area contributed by atoms with Crippen molar-refractivity contribution in [3.63, 3.8) is 0 Å². The van der Waals surface area contributed by atoms with Gasteiger partial charge in [-0.15, -0.1) is 0 Å². The van der Waals surface area contributed by atoms with Crippen LogP contribution in [0.5, 0.6) is 0 Å². The highest BCUT2D eigenvalue weighted by Crippen LogP contribution is 2.26. The molecule has 2 unspecified atom stereocenters. The normalized spacial score (nSPS) is 15.5. The molecule has 0 spiro atoms. The first-order valence-electron chi connectivity index (χ1n) is 7.58. The summed E-state index contributed by atoms with van der Waals surface area (Å²) >= 11 is 0. The van der Waals surface area contributed by atoms with Crippen LogP contribution >= 0.6 is 0 Å². The van der Waals surface area contributed by atoms with E-state index in [2.05, 4.69) is 4.74 Å². The van der Waals surface area contributed by atoms with Crippen molar-refractivity contribution in [2.24, 2.45) is 11.8 Å². The van der Waals surface area contributed by atoms with Crippen LogP contribution in [0.4, 0.5) is 13.2 Å². The minimum Gasteiger partial charge on any atom is -0.451 e. The van der Waals surface area contributed by atoms with E-state index in [1.165, 1.54) is 0 Å². The molecular formula is C14H25F3O5S. The van der Waals surface area contributed by atoms with Crippen molar-refractivity contribution >= 4 is 16.1 Å². The largest absolute Gasteiger partial charge is 0.451 e. The summed E-state index contributed by atoms with van der Waals surface area (Å²) in [5.74, 6) is -2.01. The van der Waals surface area contributed by atoms with Crippen molar-refractivity contribution in [2.45, 2.75) is 65.2 Å². The summed E-state index contributed by atoms with van der Waals surface area (Å²) in [5.41, 5.74) is 0. The topological polar surface area (TPSA) is 80.7 Å². The van der Waals surface area contributed by atoms with Gasteiger partial charge in [0.25, 0.3) is 10.1 Å². The lowest BCUT2D eigenvalue weighted by atomic mass is 9.87. The average molecular weight is 362 g/mol. The van der Waals surface area contributed by atoms with E-state index < -0.39 is 34.1 Å². The van der Waals surface area contributed by atoms with Gasteiger partial charge in [-0.1, -0.05) is 33.6 Å². The second-order valence-electron chi connectivity index (χ2n) is 5.95. The smallest absolute Gasteiger partial charge is 0.426 e. The van der Waals surface area contributed by atoms with Crippen LogP contribution in [-0.4, -0.2) is 37.0 Å². The maximum atomic E-state index is 12.6. The Kier molecular flexibility index (Phi) is 9.12. The molecule has 23 heavy (non-hydrogen) atoms. The Morgan fingerprint density at radius 1 is 1.22 bits per heavy atom. The van der Waals surface area contributed by atoms with Crippen LogP contribution in [0.15, 0.2) is 0 Å². The zero-order valence-corrected chi connectivity index (χ0v) is 14.4. The predicted octanol–water partition coefficient (Wildman–Crippen LogP) is 3.59. The van der Waals surface area contributed by atoms with E-state index in [9.17, 15) is 26.4 Å². The van der Waals surface area contributed by atoms with Gasteiger partial charge < -0.3 is 4.74 Å². The van der Waals surface area contributed by atoms with E-state index in [-0.39, 0.29) is 6.42 Å². The van der Waals surface area contributed by atoms with E-state index in [0.29, 0.717) is 24.7 Å². The van der Waals surface area contributed by atoms with Crippen molar-refractivity contribution in [3.05, 3.63) is 0 Å². The number of halogens is 3. The van der Waals surface area contributed by atoms with E-state index in [1.54, 1.807) is 0 Å². The summed E-state index contributed by atoms with van der Waals surface area (Å²) in [7, 11) is -4.90. The van der Waals surface area contributed by atoms with Crippen molar-refractivity contribution in [3.8, 4) is 0 Å². The number of ether oxygens (including phenoxy) is 1. The Morgan fingerprint density at radius 2 is 1.78 bits per heavy atom. The Hall–Kier alpha value is -0.830. The number of carbonyl (C=O) groups is 1. The van der Waals surface area contributed by atoms with E-state index >= 15 is 0 Å². The zero-order chi connectivity index (χ0) is 18.3. The van der Waals surface area contributed by atoms with Gasteiger partial charge in [-0.25, -0.2) is 0 Å². The fourth-order valence-electron chi connectivity index (χ4n) is 2.29. The molecule has 0 fully saturated rings. The standard InChI is InChI=1S/C14H25F3O5S/c1-4-6-11(10(2)3)7-5-8-13(18)22-12(14(15,16)17)9-23(19,20)21/h10-12H,4-9H2,1-3H3,(H,19,20,21). The molecule has 5 nitrogen and oxygen atoms in total. The molecule has 0 aromatic carbocycles. The molecule has 0 aliphatic carbocycles. The molecule has 2 atom stereocenters. The van der Waals surface area contributed by atoms with Gasteiger partial charge in [0.1, 0.15) is 5.75 Å². The molecule has 0 bridgehead atoms. The molecule has 1 N–H and O–H groups in total. The Morgan fingerprint density at radius 3 is 2.17 bits per heavy atom. The zero-order valence-electron chi connectivity index (χ0n) is 13.6. The number of carbonyl (C=O) groups excluding carboxylic acids is 1. The Bertz CT molecular complexity index is 460. The van der Waals surface area contributed by atoms with Crippen LogP contribution in [-0.2, 0) is 19.6 Å². The van der Waals surface area contributed by atoms with Crippen molar-refractivity contribution in [1.29, 1.82) is 0 Å². The Balaban J connectivity index is 4.49. The van der Waals surface area contributed by atoms with Crippen LogP contribution in [0, 0.1) is 11.8 Å². The first kappa shape index (κ1) is 22.2. The second-order valence-corrected chi connectivity index (χ2v) is 7.45. The molecule has 9 heteroatoms. The van der Waals surface area contributed by atoms with Gasteiger partial charge in [-0.2, -0.15) is 21.6 Å². The monoisotopic (exact) mass is 362 g/mol. The van der Waals surface area contributed by atoms with E-state index in [4.69, 9.17) is 4.55 Å². The summed E-state index contributed by atoms with van der Waals surface area (Å²) in [5, 5.41) is 0. The molecular weight excluding hydrogens is 337 g/mol. The van der Waals surface area contributed by atoms with E-state index in [1.807, 2.05) is 20.8 Å². The van der Waals surface area contributed by atoms with Gasteiger partial charge in [0, 0.05) is 6.42 Å². The number of hydrogen-bond acceptors (Lipinski definition) is 4. The highest BCUT2D eigenvalue weighted by atomic mass is 32.2. The van der Waals surface area contributed by atoms with Crippen LogP contribution in [0.1, 0.15) is 52.9 Å². The van der Waals surface area contributed by atoms with Gasteiger partial charge in [0.15, 0.2) is 0 Å². The Labute approximate surface area is 135 Å². The SMILES string of the molecule is CCCC(CCCC(=O)OC(CS(=O)(=O)O)C(F)(F)F)C(C)C. The highest BCUT2D eigenvalue weighted by Gasteiger charge is 2.45. The predicted molar refractivity (Wildman–Crippen MR) is 79.4 cm³/mol. The second kappa shape index (κ2) is 9.46. The number of hydrogen-bond donors (Lipinski definition) is 1. The minimum atomic E-state index is -5.05. The lowest BCUT2D eigenvalue weighted by Gasteiger charge is -2.21. The fraction of sp³-hybridized carbons (Fsp3) is 0.929. The molecule has 0 aromatic rings. The number of rotatable bonds is 10. The first-order chi connectivity index (χ1) is 10.4. The summed E-state index contributed by atoms with van der Waals surface area (Å²) in [6.07, 6.45) is -5.09. The number of esters is 1. The summed E-state index contributed by atoms with van der Waals surface area (Å²) < 4.78 is 71.7. The molecule has 0 heterocycles. The molecule has 138 valence electrons. The van der Waals surface area contributed by atoms with Crippen LogP contribution in [0.25, 0.3) is 0 Å². The summed E-state index contributed by atoms with van der Waals surface area (Å²) in [6.45, 7) is 6.13. The van der Waals surface area contributed by atoms with Gasteiger partial charge in [-0.3, -0.25) is 9.35 Å². The highest BCUT2D eigenvalue weighted by molar-refractivity contribution is 7.85. The maximum Gasteiger partial charge on any atom is 0.426 e. The van der Waals surface area contributed by atoms with Gasteiger partial charge in [-0.05, 0) is 24.7 Å². The first-order valence-corrected chi connectivity index (χ1v) is 9.19. The third-order valence-corrected chi connectivity index (χ3v) is 4.28. The van der Waals surface area contributed by atoms with Gasteiger partial charge in [0.2, 0.25) is 6.10 Å². The lowest BCUT2D eigenvalue weighted by molar-refractivity contribution is -0.215. The van der Waals surface area contributed by atoms with Crippen molar-refractivity contribution in [2.75, 3.05) is 5.75 Å². The van der Waals surface area contributed by atoms with Crippen molar-refractivity contribution < 1.29 is 35.7 Å². The maximum absolute atomic E-state index is 12.6. The fourth-order valence-corrected chi connectivity index (χ4v) is 2.93. The molecule has 0 saturated heterocycles. The summed E-state index contributed by atoms with van der Waals surface area (Å²) in [4.78, 5) is 11.5. The van der Waals surface area contributed by atoms with Crippen LogP contribution < -0.4 is 0 Å². The van der Waals surface area contributed by atoms with Gasteiger partial charge in [0.05, 0.1) is 0 Å². The molecule has 0 aliphatic rings. The average Bonchev–Trinajstić information content (AvgIpc) is 2.34. The van der Waals surface area contributed by atoms with Crippen molar-refractivity contribution in [1.82, 2.24) is 0 Å². The molecule has 0 saturated carbocycles. The molecule has 0 amide bonds. The van der Waals surface area contributed by atoms with Crippen LogP contribution in [0.3, 0.4) is 0 Å².